The molecular formula is C21H18O2Ru. The summed E-state index contributed by atoms with van der Waals surface area (Å²) in [5.41, 5.74) is 1.24. The van der Waals surface area contributed by atoms with E-state index in [0.29, 0.717) is 15.1 Å². The fraction of sp³-hybridized carbons (Fsp3) is 0.524. The Morgan fingerprint density at radius 3 is 1.83 bits per heavy atom. The van der Waals surface area contributed by atoms with Crippen molar-refractivity contribution in [2.45, 2.75) is 51.5 Å². The second-order valence-corrected chi connectivity index (χ2v) is 49.7. The zero-order valence-electron chi connectivity index (χ0n) is 13.3. The first-order chi connectivity index (χ1) is 11.4. The second kappa shape index (κ2) is 1.07. The Morgan fingerprint density at radius 1 is 0.917 bits per heavy atom. The number of ketones is 2. The summed E-state index contributed by atoms with van der Waals surface area (Å²) < 4.78 is 11.5. The molecule has 0 N–H and O–H groups in total. The number of carbonyl (C=O) groups is 2. The van der Waals surface area contributed by atoms with Crippen LogP contribution in [-0.2, 0) is 12.5 Å². The van der Waals surface area contributed by atoms with Crippen LogP contribution in [0.15, 0.2) is 42.0 Å². The van der Waals surface area contributed by atoms with Crippen molar-refractivity contribution in [1.82, 2.24) is 0 Å². The topological polar surface area (TPSA) is 34.1 Å². The minimum atomic E-state index is -3.53. The van der Waals surface area contributed by atoms with E-state index in [4.69, 9.17) is 0 Å². The van der Waals surface area contributed by atoms with Gasteiger partial charge in [0.2, 0.25) is 0 Å². The fourth-order valence-electron chi connectivity index (χ4n) is 18.0. The van der Waals surface area contributed by atoms with Crippen LogP contribution in [0.4, 0.5) is 0 Å². The number of carbonyl (C=O) groups excluding carboxylic acids is 2. The number of allylic oxidation sites excluding steroid dienone is 2. The molecule has 0 saturated carbocycles. The first-order valence-electron chi connectivity index (χ1n) is 9.40. The Bertz CT molecular complexity index is 1340. The van der Waals surface area contributed by atoms with E-state index in [9.17, 15) is 9.59 Å². The molecule has 2 nitrogen and oxygen atoms in total. The maximum atomic E-state index is 13.1. The van der Waals surface area contributed by atoms with Crippen LogP contribution in [0.2, 0.25) is 44.6 Å². The Balaban J connectivity index is 1.24. The van der Waals surface area contributed by atoms with Crippen LogP contribution in [-0.4, -0.2) is 11.6 Å². The van der Waals surface area contributed by atoms with Crippen LogP contribution in [0.3, 0.4) is 0 Å². The Labute approximate surface area is 128 Å². The summed E-state index contributed by atoms with van der Waals surface area (Å²) >= 11 is 0. The summed E-state index contributed by atoms with van der Waals surface area (Å²) in [6, 6.07) is 9.45. The van der Waals surface area contributed by atoms with Crippen molar-refractivity contribution in [2.24, 2.45) is 0 Å². The van der Waals surface area contributed by atoms with Crippen molar-refractivity contribution in [2.75, 3.05) is 0 Å². The first-order valence-corrected chi connectivity index (χ1v) is 19.3. The van der Waals surface area contributed by atoms with Crippen LogP contribution in [0.5, 0.6) is 0 Å². The molecule has 10 aliphatic rings. The number of benzene rings is 1. The van der Waals surface area contributed by atoms with Gasteiger partial charge in [-0.05, 0) is 0 Å². The Morgan fingerprint density at radius 2 is 1.46 bits per heavy atom. The van der Waals surface area contributed by atoms with E-state index in [0.717, 1.165) is 9.02 Å². The van der Waals surface area contributed by atoms with Gasteiger partial charge in [0.1, 0.15) is 0 Å². The molecule has 122 valence electrons. The van der Waals surface area contributed by atoms with Gasteiger partial charge in [0.15, 0.2) is 0 Å². The molecule has 4 unspecified atom stereocenters. The van der Waals surface area contributed by atoms with Gasteiger partial charge in [-0.25, -0.2) is 0 Å². The monoisotopic (exact) mass is 404 g/mol. The van der Waals surface area contributed by atoms with Gasteiger partial charge < -0.3 is 0 Å². The van der Waals surface area contributed by atoms with E-state index in [2.05, 4.69) is 6.08 Å². The van der Waals surface area contributed by atoms with Crippen LogP contribution >= 0.6 is 0 Å². The van der Waals surface area contributed by atoms with Gasteiger partial charge in [0, 0.05) is 0 Å². The molecule has 0 aliphatic carbocycles. The summed E-state index contributed by atoms with van der Waals surface area (Å²) in [6.45, 7) is 1.61. The van der Waals surface area contributed by atoms with Crippen molar-refractivity contribution in [3.63, 3.8) is 0 Å². The third kappa shape index (κ3) is 0.148. The molecule has 11 rings (SSSR count). The molecule has 0 amide bonds. The third-order valence-electron chi connectivity index (χ3n) is 16.8. The standard InChI is InChI=1S/C16H13O2.C5H5.Ru/c1-12(17)15(11-13-7-5-6-8-13)16(18)14-9-3-2-4-10-14;1-2-4-5-3-1;/h2-11H,1H3;1-5H;. The average Bonchev–Trinajstić information content (AvgIpc) is 3.53. The van der Waals surface area contributed by atoms with Crippen molar-refractivity contribution in [3.8, 4) is 0 Å². The van der Waals surface area contributed by atoms with Crippen molar-refractivity contribution in [1.29, 1.82) is 0 Å². The van der Waals surface area contributed by atoms with Gasteiger partial charge in [-0.3, -0.25) is 0 Å². The molecule has 1 aromatic rings. The molecular weight excluding hydrogens is 385 g/mol. The van der Waals surface area contributed by atoms with Crippen molar-refractivity contribution >= 4 is 11.6 Å². The van der Waals surface area contributed by atoms with Gasteiger partial charge in [-0.15, -0.1) is 0 Å². The maximum absolute atomic E-state index is 13.1. The number of fused-ring (bicyclic) bond motifs is 10. The molecule has 24 heavy (non-hydrogen) atoms. The molecule has 4 atom stereocenters. The molecule has 0 bridgehead atoms. The summed E-state index contributed by atoms with van der Waals surface area (Å²) in [5.74, 6) is -0.00916. The second-order valence-electron chi connectivity index (χ2n) is 12.5. The molecule has 10 heterocycles. The van der Waals surface area contributed by atoms with Crippen LogP contribution in [0, 0.1) is 0 Å². The number of hydrogen-bond donors (Lipinski definition) is 0. The SMILES string of the molecule is CC(=O)C(=C[C]12[CH]3[CH]4[CH]5[CH]1[Ru]45321678[CH]2[CH]1[CH]6[CH]7[CH]28)C(=O)c1ccccc1. The predicted octanol–water partition coefficient (Wildman–Crippen LogP) is 5.14. The van der Waals surface area contributed by atoms with Crippen LogP contribution in [0.1, 0.15) is 17.3 Å². The number of hydrogen-bond acceptors (Lipinski definition) is 2. The van der Waals surface area contributed by atoms with Gasteiger partial charge >= 0.3 is 128 Å². The molecule has 10 aliphatic heterocycles. The summed E-state index contributed by atoms with van der Waals surface area (Å²) in [5, 5.41) is 0. The summed E-state index contributed by atoms with van der Waals surface area (Å²) in [6.07, 6.45) is 2.38. The predicted molar refractivity (Wildman–Crippen MR) is 86.0 cm³/mol. The molecule has 10 fully saturated rings. The molecule has 1 aromatic carbocycles. The number of rotatable bonds is 4. The minimum absolute atomic E-state index is 0.00271. The van der Waals surface area contributed by atoms with Crippen molar-refractivity contribution in [3.05, 3.63) is 47.5 Å². The zero-order valence-corrected chi connectivity index (χ0v) is 15.1. The van der Waals surface area contributed by atoms with Gasteiger partial charge in [0.05, 0.1) is 0 Å². The number of Topliss-reactive ketones (excluding diaryl/α,β-unsaturated/α-hetero) is 2. The Kier molecular flexibility index (Phi) is 0.451. The van der Waals surface area contributed by atoms with E-state index in [1.165, 1.54) is 31.6 Å². The molecule has 0 aromatic heterocycles. The van der Waals surface area contributed by atoms with E-state index in [1.807, 2.05) is 30.3 Å². The van der Waals surface area contributed by atoms with Crippen LogP contribution in [0.25, 0.3) is 0 Å². The Hall–Kier alpha value is -1.08. The van der Waals surface area contributed by atoms with Gasteiger partial charge in [-0.2, -0.15) is 0 Å². The van der Waals surface area contributed by atoms with Gasteiger partial charge in [0.25, 0.3) is 0 Å². The average molecular weight is 403 g/mol. The molecule has 3 heteroatoms. The van der Waals surface area contributed by atoms with E-state index >= 15 is 0 Å². The molecule has 1 spiro atoms. The van der Waals surface area contributed by atoms with E-state index in [-0.39, 0.29) is 11.6 Å². The normalized spacial score (nSPS) is 88.2. The fourth-order valence-corrected chi connectivity index (χ4v) is 150. The van der Waals surface area contributed by atoms with Crippen molar-refractivity contribution < 1.29 is 17.3 Å². The van der Waals surface area contributed by atoms with E-state index in [1.54, 1.807) is 6.92 Å². The summed E-state index contributed by atoms with van der Waals surface area (Å²) in [4.78, 5) is 25.5. The third-order valence-corrected chi connectivity index (χ3v) is 83.7. The quantitative estimate of drug-likeness (QED) is 0.229. The van der Waals surface area contributed by atoms with E-state index < -0.39 is 7.72 Å². The van der Waals surface area contributed by atoms with Crippen LogP contribution < -0.4 is 0 Å². The molecule has 0 radical (unpaired) electrons. The zero-order chi connectivity index (χ0) is 15.6. The molecule has 10 saturated heterocycles. The van der Waals surface area contributed by atoms with Gasteiger partial charge in [-0.1, -0.05) is 0 Å². The first kappa shape index (κ1) is 10.2. The summed E-state index contributed by atoms with van der Waals surface area (Å²) in [7, 11) is -3.53.